The molecule has 2 amide bonds. The molecule has 4 rings (SSSR count). The van der Waals surface area contributed by atoms with Gasteiger partial charge in [-0.25, -0.2) is 0 Å². The highest BCUT2D eigenvalue weighted by Gasteiger charge is 2.41. The lowest BCUT2D eigenvalue weighted by Gasteiger charge is -2.36. The zero-order chi connectivity index (χ0) is 24.2. The Morgan fingerprint density at radius 2 is 1.41 bits per heavy atom. The van der Waals surface area contributed by atoms with Crippen LogP contribution in [0.3, 0.4) is 0 Å². The lowest BCUT2D eigenvalue weighted by molar-refractivity contribution is -0.120. The number of halogens is 1. The molecule has 0 unspecified atom stereocenters. The summed E-state index contributed by atoms with van der Waals surface area (Å²) in [7, 11) is 1.53. The van der Waals surface area contributed by atoms with E-state index in [-0.39, 0.29) is 10.7 Å². The normalized spacial score (nSPS) is 13.9. The van der Waals surface area contributed by atoms with E-state index in [4.69, 9.17) is 21.7 Å². The van der Waals surface area contributed by atoms with E-state index in [9.17, 15) is 9.59 Å². The van der Waals surface area contributed by atoms with Crippen LogP contribution in [0.25, 0.3) is 6.08 Å². The van der Waals surface area contributed by atoms with Crippen molar-refractivity contribution in [3.63, 3.8) is 0 Å². The van der Waals surface area contributed by atoms with E-state index in [1.54, 1.807) is 42.5 Å². The van der Waals surface area contributed by atoms with Crippen molar-refractivity contribution in [3.05, 3.63) is 88.4 Å². The maximum absolute atomic E-state index is 13.6. The Labute approximate surface area is 211 Å². The van der Waals surface area contributed by atoms with Gasteiger partial charge in [-0.1, -0.05) is 52.3 Å². The fourth-order valence-corrected chi connectivity index (χ4v) is 4.40. The van der Waals surface area contributed by atoms with E-state index in [0.29, 0.717) is 39.5 Å². The summed E-state index contributed by atoms with van der Waals surface area (Å²) in [6.45, 7) is 2.34. The van der Waals surface area contributed by atoms with Crippen molar-refractivity contribution < 1.29 is 19.1 Å². The molecule has 0 bridgehead atoms. The number of amides is 2. The van der Waals surface area contributed by atoms with Gasteiger partial charge in [0.25, 0.3) is 11.8 Å². The Hall–Kier alpha value is -3.49. The van der Waals surface area contributed by atoms with Crippen LogP contribution in [0.2, 0.25) is 0 Å². The summed E-state index contributed by atoms with van der Waals surface area (Å²) in [5, 5.41) is 0.0906. The third-order valence-electron chi connectivity index (χ3n) is 5.16. The van der Waals surface area contributed by atoms with Crippen LogP contribution in [-0.2, 0) is 9.59 Å². The number of anilines is 2. The van der Waals surface area contributed by atoms with Crippen LogP contribution in [0.4, 0.5) is 11.4 Å². The number of carbonyl (C=O) groups excluding carboxylic acids is 2. The molecular formula is C26H21BrN2O4S. The molecule has 0 aliphatic carbocycles. The van der Waals surface area contributed by atoms with Gasteiger partial charge in [0.1, 0.15) is 5.57 Å². The Morgan fingerprint density at radius 1 is 0.882 bits per heavy atom. The molecule has 34 heavy (non-hydrogen) atoms. The molecule has 3 aromatic carbocycles. The number of hydrogen-bond donors (Lipinski definition) is 0. The number of thiocarbonyl (C=S) groups is 1. The molecule has 0 atom stereocenters. The van der Waals surface area contributed by atoms with Gasteiger partial charge in [0.2, 0.25) is 0 Å². The minimum absolute atomic E-state index is 0.0341. The molecule has 0 radical (unpaired) electrons. The third kappa shape index (κ3) is 4.47. The maximum Gasteiger partial charge on any atom is 0.270 e. The second-order valence-electron chi connectivity index (χ2n) is 7.25. The fraction of sp³-hybridized carbons (Fsp3) is 0.115. The van der Waals surface area contributed by atoms with E-state index in [2.05, 4.69) is 15.9 Å². The molecule has 1 aliphatic heterocycles. The molecule has 6 nitrogen and oxygen atoms in total. The minimum atomic E-state index is -0.506. The number of methoxy groups -OCH3 is 1. The third-order valence-corrected chi connectivity index (χ3v) is 6.21. The molecule has 172 valence electrons. The quantitative estimate of drug-likeness (QED) is 0.233. The van der Waals surface area contributed by atoms with Crippen LogP contribution in [0.5, 0.6) is 11.5 Å². The SMILES string of the molecule is CCOc1cc(Br)c(C=C2C(=O)N(c3ccccc3)C(=S)N(c3ccccc3)C2=O)cc1OC. The molecule has 8 heteroatoms. The zero-order valence-corrected chi connectivity index (χ0v) is 20.9. The number of carbonyl (C=O) groups is 2. The first-order chi connectivity index (χ1) is 16.5. The van der Waals surface area contributed by atoms with Crippen molar-refractivity contribution in [2.75, 3.05) is 23.5 Å². The van der Waals surface area contributed by atoms with Crippen molar-refractivity contribution >= 4 is 62.5 Å². The Morgan fingerprint density at radius 3 is 1.88 bits per heavy atom. The predicted octanol–water partition coefficient (Wildman–Crippen LogP) is 5.60. The van der Waals surface area contributed by atoms with Crippen LogP contribution in [0.15, 0.2) is 82.8 Å². The average Bonchev–Trinajstić information content (AvgIpc) is 2.84. The van der Waals surface area contributed by atoms with Crippen LogP contribution in [0, 0.1) is 0 Å². The molecule has 0 saturated carbocycles. The van der Waals surface area contributed by atoms with Gasteiger partial charge in [-0.3, -0.25) is 19.4 Å². The van der Waals surface area contributed by atoms with Crippen molar-refractivity contribution in [1.29, 1.82) is 0 Å². The number of rotatable bonds is 6. The monoisotopic (exact) mass is 536 g/mol. The highest BCUT2D eigenvalue weighted by molar-refractivity contribution is 9.10. The number of benzene rings is 3. The van der Waals surface area contributed by atoms with E-state index >= 15 is 0 Å². The highest BCUT2D eigenvalue weighted by Crippen LogP contribution is 2.36. The molecule has 1 heterocycles. The zero-order valence-electron chi connectivity index (χ0n) is 18.5. The van der Waals surface area contributed by atoms with E-state index < -0.39 is 11.8 Å². The first kappa shape index (κ1) is 23.7. The molecule has 1 saturated heterocycles. The van der Waals surface area contributed by atoms with Crippen LogP contribution >= 0.6 is 28.1 Å². The summed E-state index contributed by atoms with van der Waals surface area (Å²) in [6, 6.07) is 21.5. The predicted molar refractivity (Wildman–Crippen MR) is 140 cm³/mol. The highest BCUT2D eigenvalue weighted by atomic mass is 79.9. The second-order valence-corrected chi connectivity index (χ2v) is 8.47. The van der Waals surface area contributed by atoms with Crippen molar-refractivity contribution in [3.8, 4) is 11.5 Å². The average molecular weight is 537 g/mol. The van der Waals surface area contributed by atoms with Gasteiger partial charge in [-0.15, -0.1) is 0 Å². The van der Waals surface area contributed by atoms with E-state index in [1.165, 1.54) is 16.9 Å². The molecule has 3 aromatic rings. The lowest BCUT2D eigenvalue weighted by Crippen LogP contribution is -2.56. The summed E-state index contributed by atoms with van der Waals surface area (Å²) in [5.74, 6) is 0.0301. The van der Waals surface area contributed by atoms with Crippen LogP contribution in [-0.4, -0.2) is 30.6 Å². The summed E-state index contributed by atoms with van der Waals surface area (Å²) in [4.78, 5) is 30.0. The molecule has 1 fully saturated rings. The summed E-state index contributed by atoms with van der Waals surface area (Å²) in [5.41, 5.74) is 1.69. The standard InChI is InChI=1S/C26H21BrN2O4S/c1-3-33-23-16-21(27)17(15-22(23)32-2)14-20-24(30)28(18-10-6-4-7-11-18)26(34)29(25(20)31)19-12-8-5-9-13-19/h4-16H,3H2,1-2H3. The Bertz CT molecular complexity index is 1220. The number of ether oxygens (including phenoxy) is 2. The van der Waals surface area contributed by atoms with E-state index in [1.807, 2.05) is 43.3 Å². The number of para-hydroxylation sites is 2. The number of nitrogens with zero attached hydrogens (tertiary/aromatic N) is 2. The van der Waals surface area contributed by atoms with Crippen molar-refractivity contribution in [2.24, 2.45) is 0 Å². The van der Waals surface area contributed by atoms with Gasteiger partial charge in [0.15, 0.2) is 16.6 Å². The fourth-order valence-electron chi connectivity index (χ4n) is 3.58. The summed E-state index contributed by atoms with van der Waals surface area (Å²) >= 11 is 9.16. The minimum Gasteiger partial charge on any atom is -0.493 e. The first-order valence-electron chi connectivity index (χ1n) is 10.5. The molecule has 1 aliphatic rings. The second kappa shape index (κ2) is 10.2. The summed E-state index contributed by atoms with van der Waals surface area (Å²) < 4.78 is 11.7. The van der Waals surface area contributed by atoms with Crippen LogP contribution in [0.1, 0.15) is 12.5 Å². The Kier molecular flexibility index (Phi) is 7.09. The van der Waals surface area contributed by atoms with Gasteiger partial charge in [-0.2, -0.15) is 0 Å². The van der Waals surface area contributed by atoms with Gasteiger partial charge < -0.3 is 9.47 Å². The smallest absolute Gasteiger partial charge is 0.270 e. The topological polar surface area (TPSA) is 59.1 Å². The maximum atomic E-state index is 13.6. The van der Waals surface area contributed by atoms with Gasteiger partial charge in [-0.05, 0) is 67.2 Å². The Balaban J connectivity index is 1.87. The van der Waals surface area contributed by atoms with Gasteiger partial charge >= 0.3 is 0 Å². The van der Waals surface area contributed by atoms with Gasteiger partial charge in [0, 0.05) is 4.47 Å². The van der Waals surface area contributed by atoms with Crippen molar-refractivity contribution in [2.45, 2.75) is 6.92 Å². The largest absolute Gasteiger partial charge is 0.493 e. The van der Waals surface area contributed by atoms with Crippen LogP contribution < -0.4 is 19.3 Å². The van der Waals surface area contributed by atoms with Gasteiger partial charge in [0.05, 0.1) is 25.1 Å². The summed E-state index contributed by atoms with van der Waals surface area (Å²) in [6.07, 6.45) is 1.54. The molecule has 0 N–H and O–H groups in total. The van der Waals surface area contributed by atoms with E-state index in [0.717, 1.165) is 0 Å². The molecular weight excluding hydrogens is 516 g/mol. The first-order valence-corrected chi connectivity index (χ1v) is 11.7. The molecule has 0 spiro atoms. The lowest BCUT2D eigenvalue weighted by atomic mass is 10.0. The van der Waals surface area contributed by atoms with Crippen molar-refractivity contribution in [1.82, 2.24) is 0 Å². The molecule has 0 aromatic heterocycles. The number of hydrogen-bond acceptors (Lipinski definition) is 5.